The molecule has 2 aromatic rings. The number of ether oxygens (including phenoxy) is 1. The van der Waals surface area contributed by atoms with E-state index in [-0.39, 0.29) is 22.2 Å². The molecule has 3 rings (SSSR count). The van der Waals surface area contributed by atoms with Gasteiger partial charge < -0.3 is 15.0 Å². The number of hydrogen-bond donors (Lipinski definition) is 1. The average Bonchev–Trinajstić information content (AvgIpc) is 3.02. The summed E-state index contributed by atoms with van der Waals surface area (Å²) in [7, 11) is 1.59. The Morgan fingerprint density at radius 1 is 1.00 bits per heavy atom. The number of rotatable bonds is 5. The van der Waals surface area contributed by atoms with Crippen LogP contribution in [0.15, 0.2) is 48.2 Å². The number of carbonyl (C=O) groups is 2. The predicted molar refractivity (Wildman–Crippen MR) is 120 cm³/mol. The van der Waals surface area contributed by atoms with Gasteiger partial charge in [-0.3, -0.25) is 9.59 Å². The second kappa shape index (κ2) is 10.5. The highest BCUT2D eigenvalue weighted by Gasteiger charge is 2.22. The van der Waals surface area contributed by atoms with Gasteiger partial charge >= 0.3 is 0 Å². The number of amides is 2. The molecule has 0 aromatic heterocycles. The second-order valence-electron chi connectivity index (χ2n) is 7.12. The number of hydrogen-bond acceptors (Lipinski definition) is 3. The van der Waals surface area contributed by atoms with E-state index in [0.717, 1.165) is 31.2 Å². The van der Waals surface area contributed by atoms with Gasteiger partial charge in [-0.25, -0.2) is 0 Å². The Hall–Kier alpha value is -2.50. The standard InChI is InChI=1S/C23H24Cl2N2O3/c1-30-18-9-6-16(7-10-18)14-21(23(29)27-12-4-2-3-5-13-27)26-22(28)19-11-8-17(24)15-20(19)25/h6-11,14-15H,2-5,12-13H2,1H3,(H,26,28)/b21-14-. The van der Waals surface area contributed by atoms with E-state index in [1.54, 1.807) is 42.4 Å². The van der Waals surface area contributed by atoms with Gasteiger partial charge in [0.15, 0.2) is 0 Å². The molecule has 2 amide bonds. The highest BCUT2D eigenvalue weighted by Crippen LogP contribution is 2.22. The first-order chi connectivity index (χ1) is 14.5. The minimum Gasteiger partial charge on any atom is -0.497 e. The lowest BCUT2D eigenvalue weighted by atomic mass is 10.1. The summed E-state index contributed by atoms with van der Waals surface area (Å²) < 4.78 is 5.18. The molecule has 0 unspecified atom stereocenters. The Morgan fingerprint density at radius 3 is 2.27 bits per heavy atom. The number of methoxy groups -OCH3 is 1. The number of halogens is 2. The topological polar surface area (TPSA) is 58.6 Å². The van der Waals surface area contributed by atoms with Crippen LogP contribution in [-0.4, -0.2) is 36.9 Å². The van der Waals surface area contributed by atoms with Crippen molar-refractivity contribution in [2.75, 3.05) is 20.2 Å². The third-order valence-electron chi connectivity index (χ3n) is 4.97. The van der Waals surface area contributed by atoms with Crippen LogP contribution in [0, 0.1) is 0 Å². The van der Waals surface area contributed by atoms with E-state index in [9.17, 15) is 9.59 Å². The minimum atomic E-state index is -0.459. The highest BCUT2D eigenvalue weighted by atomic mass is 35.5. The van der Waals surface area contributed by atoms with Crippen LogP contribution in [0.5, 0.6) is 5.75 Å². The Kier molecular flexibility index (Phi) is 7.77. The summed E-state index contributed by atoms with van der Waals surface area (Å²) in [4.78, 5) is 27.9. The van der Waals surface area contributed by atoms with E-state index in [1.807, 2.05) is 12.1 Å². The molecule has 0 saturated carbocycles. The molecule has 0 spiro atoms. The van der Waals surface area contributed by atoms with E-state index >= 15 is 0 Å². The van der Waals surface area contributed by atoms with E-state index < -0.39 is 5.91 Å². The number of nitrogens with one attached hydrogen (secondary N) is 1. The van der Waals surface area contributed by atoms with Crippen molar-refractivity contribution >= 4 is 41.1 Å². The monoisotopic (exact) mass is 446 g/mol. The van der Waals surface area contributed by atoms with Gasteiger partial charge in [0.25, 0.3) is 11.8 Å². The van der Waals surface area contributed by atoms with Crippen molar-refractivity contribution < 1.29 is 14.3 Å². The van der Waals surface area contributed by atoms with Crippen LogP contribution in [0.2, 0.25) is 10.0 Å². The maximum atomic E-state index is 13.2. The average molecular weight is 447 g/mol. The van der Waals surface area contributed by atoms with Gasteiger partial charge in [-0.15, -0.1) is 0 Å². The lowest BCUT2D eigenvalue weighted by Crippen LogP contribution is -2.39. The van der Waals surface area contributed by atoms with Crippen LogP contribution in [0.25, 0.3) is 6.08 Å². The first kappa shape index (κ1) is 22.2. The Bertz CT molecular complexity index is 934. The summed E-state index contributed by atoms with van der Waals surface area (Å²) in [6, 6.07) is 11.9. The molecule has 1 N–H and O–H groups in total. The fourth-order valence-electron chi connectivity index (χ4n) is 3.33. The van der Waals surface area contributed by atoms with Crippen molar-refractivity contribution in [2.24, 2.45) is 0 Å². The fourth-order valence-corrected chi connectivity index (χ4v) is 3.82. The van der Waals surface area contributed by atoms with Gasteiger partial charge in [0.2, 0.25) is 0 Å². The van der Waals surface area contributed by atoms with Crippen molar-refractivity contribution in [1.82, 2.24) is 10.2 Å². The molecule has 0 aliphatic carbocycles. The molecule has 0 radical (unpaired) electrons. The molecule has 30 heavy (non-hydrogen) atoms. The van der Waals surface area contributed by atoms with Crippen molar-refractivity contribution in [3.05, 3.63) is 69.3 Å². The molecular formula is C23H24Cl2N2O3. The summed E-state index contributed by atoms with van der Waals surface area (Å²) in [6.45, 7) is 1.35. The molecule has 0 atom stereocenters. The minimum absolute atomic E-state index is 0.203. The molecule has 1 fully saturated rings. The van der Waals surface area contributed by atoms with Gasteiger partial charge in [-0.05, 0) is 54.8 Å². The van der Waals surface area contributed by atoms with Crippen LogP contribution < -0.4 is 10.1 Å². The summed E-state index contributed by atoms with van der Waals surface area (Å²) in [6.07, 6.45) is 5.80. The summed E-state index contributed by atoms with van der Waals surface area (Å²) in [5, 5.41) is 3.42. The lowest BCUT2D eigenvalue weighted by Gasteiger charge is -2.22. The van der Waals surface area contributed by atoms with E-state index in [4.69, 9.17) is 27.9 Å². The second-order valence-corrected chi connectivity index (χ2v) is 7.96. The number of nitrogens with zero attached hydrogens (tertiary/aromatic N) is 1. The zero-order chi connectivity index (χ0) is 21.5. The van der Waals surface area contributed by atoms with Crippen LogP contribution in [0.1, 0.15) is 41.6 Å². The van der Waals surface area contributed by atoms with Crippen LogP contribution in [0.3, 0.4) is 0 Å². The normalized spacial score (nSPS) is 14.8. The Balaban J connectivity index is 1.90. The number of carbonyl (C=O) groups excluding carboxylic acids is 2. The zero-order valence-electron chi connectivity index (χ0n) is 16.8. The Morgan fingerprint density at radius 2 is 1.67 bits per heavy atom. The van der Waals surface area contributed by atoms with Crippen molar-refractivity contribution in [3.63, 3.8) is 0 Å². The first-order valence-corrected chi connectivity index (χ1v) is 10.6. The highest BCUT2D eigenvalue weighted by molar-refractivity contribution is 6.36. The van der Waals surface area contributed by atoms with Crippen molar-refractivity contribution in [3.8, 4) is 5.75 Å². The maximum Gasteiger partial charge on any atom is 0.270 e. The zero-order valence-corrected chi connectivity index (χ0v) is 18.3. The molecule has 1 heterocycles. The molecule has 5 nitrogen and oxygen atoms in total. The summed E-state index contributed by atoms with van der Waals surface area (Å²) in [5.74, 6) is 0.0512. The largest absolute Gasteiger partial charge is 0.497 e. The predicted octanol–water partition coefficient (Wildman–Crippen LogP) is 5.18. The quantitative estimate of drug-likeness (QED) is 0.643. The van der Waals surface area contributed by atoms with Crippen LogP contribution >= 0.6 is 23.2 Å². The van der Waals surface area contributed by atoms with Crippen LogP contribution in [-0.2, 0) is 4.79 Å². The molecule has 1 aliphatic rings. The van der Waals surface area contributed by atoms with Gasteiger partial charge in [0.05, 0.1) is 17.7 Å². The number of benzene rings is 2. The molecule has 1 aliphatic heterocycles. The summed E-state index contributed by atoms with van der Waals surface area (Å²) in [5.41, 5.74) is 1.24. The number of likely N-dealkylation sites (tertiary alicyclic amines) is 1. The molecule has 7 heteroatoms. The fraction of sp³-hybridized carbons (Fsp3) is 0.304. The van der Waals surface area contributed by atoms with Gasteiger partial charge in [0, 0.05) is 18.1 Å². The van der Waals surface area contributed by atoms with Crippen molar-refractivity contribution in [2.45, 2.75) is 25.7 Å². The van der Waals surface area contributed by atoms with E-state index in [2.05, 4.69) is 5.32 Å². The van der Waals surface area contributed by atoms with E-state index in [1.165, 1.54) is 6.07 Å². The summed E-state index contributed by atoms with van der Waals surface area (Å²) >= 11 is 12.1. The van der Waals surface area contributed by atoms with Gasteiger partial charge in [-0.2, -0.15) is 0 Å². The van der Waals surface area contributed by atoms with Crippen molar-refractivity contribution in [1.29, 1.82) is 0 Å². The molecule has 1 saturated heterocycles. The maximum absolute atomic E-state index is 13.2. The van der Waals surface area contributed by atoms with Gasteiger partial charge in [-0.1, -0.05) is 48.2 Å². The molecule has 0 bridgehead atoms. The lowest BCUT2D eigenvalue weighted by molar-refractivity contribution is -0.127. The van der Waals surface area contributed by atoms with Gasteiger partial charge in [0.1, 0.15) is 11.4 Å². The molecular weight excluding hydrogens is 423 g/mol. The SMILES string of the molecule is COc1ccc(/C=C(\NC(=O)c2ccc(Cl)cc2Cl)C(=O)N2CCCCCC2)cc1. The van der Waals surface area contributed by atoms with Crippen LogP contribution in [0.4, 0.5) is 0 Å². The smallest absolute Gasteiger partial charge is 0.270 e. The third kappa shape index (κ3) is 5.77. The molecule has 2 aromatic carbocycles. The first-order valence-electron chi connectivity index (χ1n) is 9.89. The van der Waals surface area contributed by atoms with E-state index in [0.29, 0.717) is 23.9 Å². The Labute approximate surface area is 186 Å². The molecule has 158 valence electrons. The third-order valence-corrected chi connectivity index (χ3v) is 5.52.